The molecule has 17 heavy (non-hydrogen) atoms. The fraction of sp³-hybridized carbons (Fsp3) is 0.0714. The zero-order valence-electron chi connectivity index (χ0n) is 9.41. The van der Waals surface area contributed by atoms with Crippen molar-refractivity contribution in [2.75, 3.05) is 0 Å². The minimum atomic E-state index is -0.745. The van der Waals surface area contributed by atoms with E-state index in [9.17, 15) is 9.18 Å². The first-order chi connectivity index (χ1) is 8.09. The maximum absolute atomic E-state index is 13.7. The normalized spacial score (nSPS) is 10.2. The predicted octanol–water partition coefficient (Wildman–Crippen LogP) is 2.90. The van der Waals surface area contributed by atoms with E-state index in [1.807, 2.05) is 37.3 Å². The van der Waals surface area contributed by atoms with Crippen LogP contribution in [0.1, 0.15) is 15.9 Å². The second kappa shape index (κ2) is 4.37. The fourth-order valence-electron chi connectivity index (χ4n) is 1.80. The largest absolute Gasteiger partial charge is 0.366 e. The first-order valence-electron chi connectivity index (χ1n) is 5.25. The summed E-state index contributed by atoms with van der Waals surface area (Å²) in [5.74, 6) is -1.33. The number of halogens is 1. The molecule has 0 aromatic heterocycles. The molecule has 2 N–H and O–H groups in total. The number of nitrogens with two attached hydrogens (primary N) is 1. The minimum Gasteiger partial charge on any atom is -0.366 e. The molecule has 3 heteroatoms. The summed E-state index contributed by atoms with van der Waals surface area (Å²) < 4.78 is 13.7. The van der Waals surface area contributed by atoms with Gasteiger partial charge in [0.25, 0.3) is 5.91 Å². The molecule has 0 saturated heterocycles. The van der Waals surface area contributed by atoms with Crippen LogP contribution >= 0.6 is 0 Å². The molecular formula is C14H12FNO. The summed E-state index contributed by atoms with van der Waals surface area (Å²) in [6, 6.07) is 12.3. The van der Waals surface area contributed by atoms with E-state index in [0.717, 1.165) is 16.7 Å². The van der Waals surface area contributed by atoms with Gasteiger partial charge in [-0.15, -0.1) is 0 Å². The van der Waals surface area contributed by atoms with Crippen LogP contribution in [0.4, 0.5) is 4.39 Å². The first-order valence-corrected chi connectivity index (χ1v) is 5.25. The third-order valence-electron chi connectivity index (χ3n) is 2.66. The Morgan fingerprint density at radius 3 is 2.41 bits per heavy atom. The van der Waals surface area contributed by atoms with Crippen molar-refractivity contribution in [3.05, 3.63) is 59.4 Å². The van der Waals surface area contributed by atoms with Gasteiger partial charge in [-0.25, -0.2) is 4.39 Å². The number of primary amides is 1. The van der Waals surface area contributed by atoms with Crippen LogP contribution in [0.15, 0.2) is 42.5 Å². The van der Waals surface area contributed by atoms with Crippen LogP contribution in [-0.2, 0) is 0 Å². The Morgan fingerprint density at radius 1 is 1.18 bits per heavy atom. The molecule has 1 amide bonds. The molecule has 0 spiro atoms. The van der Waals surface area contributed by atoms with E-state index in [-0.39, 0.29) is 5.56 Å². The zero-order chi connectivity index (χ0) is 12.4. The maximum atomic E-state index is 13.7. The number of benzene rings is 2. The molecule has 2 aromatic rings. The van der Waals surface area contributed by atoms with Crippen LogP contribution in [0.25, 0.3) is 11.1 Å². The van der Waals surface area contributed by atoms with Crippen molar-refractivity contribution < 1.29 is 9.18 Å². The fourth-order valence-corrected chi connectivity index (χ4v) is 1.80. The molecule has 0 atom stereocenters. The van der Waals surface area contributed by atoms with E-state index in [2.05, 4.69) is 0 Å². The monoisotopic (exact) mass is 229 g/mol. The van der Waals surface area contributed by atoms with Crippen molar-refractivity contribution in [2.24, 2.45) is 5.73 Å². The maximum Gasteiger partial charge on any atom is 0.251 e. The molecule has 0 heterocycles. The lowest BCUT2D eigenvalue weighted by Gasteiger charge is -2.08. The molecule has 0 saturated carbocycles. The number of amides is 1. The number of hydrogen-bond acceptors (Lipinski definition) is 1. The Morgan fingerprint density at radius 2 is 1.82 bits per heavy atom. The van der Waals surface area contributed by atoms with Crippen LogP contribution in [0, 0.1) is 12.7 Å². The second-order valence-electron chi connectivity index (χ2n) is 3.88. The van der Waals surface area contributed by atoms with Gasteiger partial charge in [0.2, 0.25) is 0 Å². The Bertz CT molecular complexity index is 564. The van der Waals surface area contributed by atoms with Gasteiger partial charge >= 0.3 is 0 Å². The summed E-state index contributed by atoms with van der Waals surface area (Å²) in [5, 5.41) is 0. The molecule has 86 valence electrons. The highest BCUT2D eigenvalue weighted by Crippen LogP contribution is 2.25. The smallest absolute Gasteiger partial charge is 0.251 e. The summed E-state index contributed by atoms with van der Waals surface area (Å²) in [5.41, 5.74) is 7.54. The van der Waals surface area contributed by atoms with Crippen LogP contribution in [0.2, 0.25) is 0 Å². The summed E-state index contributed by atoms with van der Waals surface area (Å²) >= 11 is 0. The van der Waals surface area contributed by atoms with Crippen LogP contribution in [-0.4, -0.2) is 5.91 Å². The molecular weight excluding hydrogens is 217 g/mol. The molecule has 0 aliphatic heterocycles. The van der Waals surface area contributed by atoms with Gasteiger partial charge in [-0.05, 0) is 35.7 Å². The predicted molar refractivity (Wildman–Crippen MR) is 65.1 cm³/mol. The van der Waals surface area contributed by atoms with Gasteiger partial charge in [0.05, 0.1) is 5.56 Å². The number of carbonyl (C=O) groups is 1. The Hall–Kier alpha value is -2.16. The zero-order valence-corrected chi connectivity index (χ0v) is 9.41. The van der Waals surface area contributed by atoms with Gasteiger partial charge in [-0.3, -0.25) is 4.79 Å². The van der Waals surface area contributed by atoms with E-state index in [0.29, 0.717) is 0 Å². The Labute approximate surface area is 98.9 Å². The van der Waals surface area contributed by atoms with Gasteiger partial charge in [-0.2, -0.15) is 0 Å². The SMILES string of the molecule is Cc1cc(C(N)=O)c(F)cc1-c1ccccc1. The molecule has 0 unspecified atom stereocenters. The van der Waals surface area contributed by atoms with Gasteiger partial charge in [0.15, 0.2) is 0 Å². The first kappa shape index (κ1) is 11.3. The molecule has 0 bridgehead atoms. The van der Waals surface area contributed by atoms with E-state index >= 15 is 0 Å². The molecule has 2 nitrogen and oxygen atoms in total. The van der Waals surface area contributed by atoms with Crippen molar-refractivity contribution in [3.8, 4) is 11.1 Å². The lowest BCUT2D eigenvalue weighted by atomic mass is 9.98. The topological polar surface area (TPSA) is 43.1 Å². The van der Waals surface area contributed by atoms with Gasteiger partial charge in [-0.1, -0.05) is 30.3 Å². The average Bonchev–Trinajstić information content (AvgIpc) is 2.32. The molecule has 0 aliphatic rings. The van der Waals surface area contributed by atoms with Crippen molar-refractivity contribution >= 4 is 5.91 Å². The summed E-state index contributed by atoms with van der Waals surface area (Å²) in [6.07, 6.45) is 0. The standard InChI is InChI=1S/C14H12FNO/c1-9-7-12(14(16)17)13(15)8-11(9)10-5-3-2-4-6-10/h2-8H,1H3,(H2,16,17). The summed E-state index contributed by atoms with van der Waals surface area (Å²) in [4.78, 5) is 11.0. The molecule has 0 fully saturated rings. The van der Waals surface area contributed by atoms with E-state index in [4.69, 9.17) is 5.73 Å². The highest BCUT2D eigenvalue weighted by atomic mass is 19.1. The van der Waals surface area contributed by atoms with Crippen molar-refractivity contribution in [1.29, 1.82) is 0 Å². The highest BCUT2D eigenvalue weighted by molar-refractivity contribution is 5.94. The summed E-state index contributed by atoms with van der Waals surface area (Å²) in [6.45, 7) is 1.83. The Kier molecular flexibility index (Phi) is 2.91. The van der Waals surface area contributed by atoms with Crippen LogP contribution in [0.5, 0.6) is 0 Å². The molecule has 2 aromatic carbocycles. The minimum absolute atomic E-state index is 0.0674. The van der Waals surface area contributed by atoms with Crippen LogP contribution in [0.3, 0.4) is 0 Å². The lowest BCUT2D eigenvalue weighted by molar-refractivity contribution is 0.0996. The molecule has 2 rings (SSSR count). The van der Waals surface area contributed by atoms with E-state index in [1.165, 1.54) is 12.1 Å². The third-order valence-corrected chi connectivity index (χ3v) is 2.66. The number of hydrogen-bond donors (Lipinski definition) is 1. The molecule has 0 radical (unpaired) electrons. The van der Waals surface area contributed by atoms with Crippen molar-refractivity contribution in [1.82, 2.24) is 0 Å². The second-order valence-corrected chi connectivity index (χ2v) is 3.88. The third kappa shape index (κ3) is 2.18. The highest BCUT2D eigenvalue weighted by Gasteiger charge is 2.12. The van der Waals surface area contributed by atoms with E-state index in [1.54, 1.807) is 0 Å². The van der Waals surface area contributed by atoms with E-state index < -0.39 is 11.7 Å². The van der Waals surface area contributed by atoms with Crippen LogP contribution < -0.4 is 5.73 Å². The van der Waals surface area contributed by atoms with Gasteiger partial charge in [0.1, 0.15) is 5.82 Å². The lowest BCUT2D eigenvalue weighted by Crippen LogP contribution is -2.13. The van der Waals surface area contributed by atoms with Gasteiger partial charge in [0, 0.05) is 0 Å². The van der Waals surface area contributed by atoms with Crippen molar-refractivity contribution in [2.45, 2.75) is 6.92 Å². The quantitative estimate of drug-likeness (QED) is 0.845. The molecule has 0 aliphatic carbocycles. The Balaban J connectivity index is 2.58. The number of aryl methyl sites for hydroxylation is 1. The van der Waals surface area contributed by atoms with Crippen molar-refractivity contribution in [3.63, 3.8) is 0 Å². The van der Waals surface area contributed by atoms with Gasteiger partial charge < -0.3 is 5.73 Å². The summed E-state index contributed by atoms with van der Waals surface area (Å²) in [7, 11) is 0. The number of carbonyl (C=O) groups excluding carboxylic acids is 1. The average molecular weight is 229 g/mol. The number of rotatable bonds is 2.